The van der Waals surface area contributed by atoms with Gasteiger partial charge in [0.15, 0.2) is 0 Å². The molecule has 112 valence electrons. The van der Waals surface area contributed by atoms with E-state index in [2.05, 4.69) is 4.72 Å². The van der Waals surface area contributed by atoms with Crippen LogP contribution in [0.5, 0.6) is 0 Å². The number of hydrogen-bond acceptors (Lipinski definition) is 3. The molecule has 0 fully saturated rings. The second-order valence-corrected chi connectivity index (χ2v) is 5.99. The van der Waals surface area contributed by atoms with Crippen LogP contribution in [0.15, 0.2) is 24.3 Å². The first-order valence-corrected chi connectivity index (χ1v) is 7.91. The summed E-state index contributed by atoms with van der Waals surface area (Å²) in [5, 5.41) is 8.78. The Bertz CT molecular complexity index is 536. The van der Waals surface area contributed by atoms with Crippen LogP contribution in [0.1, 0.15) is 29.8 Å². The van der Waals surface area contributed by atoms with Crippen molar-refractivity contribution < 1.29 is 18.3 Å². The molecule has 0 spiro atoms. The molecule has 6 nitrogen and oxygen atoms in total. The fourth-order valence-corrected chi connectivity index (χ4v) is 3.02. The smallest absolute Gasteiger partial charge is 0.335 e. The van der Waals surface area contributed by atoms with Crippen LogP contribution in [-0.4, -0.2) is 43.4 Å². The van der Waals surface area contributed by atoms with Crippen molar-refractivity contribution in [3.05, 3.63) is 35.4 Å². The molecule has 0 unspecified atom stereocenters. The van der Waals surface area contributed by atoms with Crippen molar-refractivity contribution in [3.63, 3.8) is 0 Å². The molecule has 0 bridgehead atoms. The lowest BCUT2D eigenvalue weighted by Gasteiger charge is -2.18. The zero-order chi connectivity index (χ0) is 15.2. The van der Waals surface area contributed by atoms with Crippen molar-refractivity contribution in [1.82, 2.24) is 9.03 Å². The maximum atomic E-state index is 11.9. The highest BCUT2D eigenvalue weighted by Gasteiger charge is 2.17. The topological polar surface area (TPSA) is 86.7 Å². The third kappa shape index (κ3) is 4.59. The maximum absolute atomic E-state index is 11.9. The molecule has 1 rings (SSSR count). The number of hydrogen-bond donors (Lipinski definition) is 2. The van der Waals surface area contributed by atoms with Crippen LogP contribution in [0.2, 0.25) is 0 Å². The first-order valence-electron chi connectivity index (χ1n) is 6.47. The number of nitrogens with one attached hydrogen (secondary N) is 1. The van der Waals surface area contributed by atoms with Gasteiger partial charge in [0.25, 0.3) is 10.2 Å². The van der Waals surface area contributed by atoms with Crippen LogP contribution >= 0.6 is 0 Å². The lowest BCUT2D eigenvalue weighted by molar-refractivity contribution is 0.0697. The van der Waals surface area contributed by atoms with E-state index in [-0.39, 0.29) is 12.1 Å². The maximum Gasteiger partial charge on any atom is 0.335 e. The largest absolute Gasteiger partial charge is 0.478 e. The van der Waals surface area contributed by atoms with Crippen molar-refractivity contribution in [3.8, 4) is 0 Å². The summed E-state index contributed by atoms with van der Waals surface area (Å²) in [7, 11) is -3.43. The molecule has 1 aromatic carbocycles. The molecule has 20 heavy (non-hydrogen) atoms. The lowest BCUT2D eigenvalue weighted by Crippen LogP contribution is -2.41. The van der Waals surface area contributed by atoms with Gasteiger partial charge in [-0.3, -0.25) is 0 Å². The number of carbonyl (C=O) groups is 1. The molecular weight excluding hydrogens is 280 g/mol. The molecule has 0 aliphatic heterocycles. The van der Waals surface area contributed by atoms with Crippen LogP contribution < -0.4 is 4.72 Å². The van der Waals surface area contributed by atoms with Gasteiger partial charge in [0.1, 0.15) is 0 Å². The monoisotopic (exact) mass is 300 g/mol. The van der Waals surface area contributed by atoms with E-state index in [4.69, 9.17) is 5.11 Å². The van der Waals surface area contributed by atoms with E-state index in [1.807, 2.05) is 0 Å². The Morgan fingerprint density at radius 3 is 2.20 bits per heavy atom. The summed E-state index contributed by atoms with van der Waals surface area (Å²) in [6.07, 6.45) is 0.514. The molecule has 0 saturated heterocycles. The molecule has 0 amide bonds. The highest BCUT2D eigenvalue weighted by atomic mass is 32.2. The Labute approximate surface area is 119 Å². The number of rotatable bonds is 8. The highest BCUT2D eigenvalue weighted by molar-refractivity contribution is 7.87. The molecule has 0 aliphatic carbocycles. The molecule has 0 saturated carbocycles. The fourth-order valence-electron chi connectivity index (χ4n) is 1.79. The molecule has 0 radical (unpaired) electrons. The van der Waals surface area contributed by atoms with E-state index >= 15 is 0 Å². The minimum absolute atomic E-state index is 0.220. The Kier molecular flexibility index (Phi) is 6.12. The highest BCUT2D eigenvalue weighted by Crippen LogP contribution is 2.05. The van der Waals surface area contributed by atoms with E-state index in [1.54, 1.807) is 26.0 Å². The van der Waals surface area contributed by atoms with Crippen molar-refractivity contribution in [2.75, 3.05) is 19.6 Å². The van der Waals surface area contributed by atoms with Crippen molar-refractivity contribution in [2.45, 2.75) is 20.3 Å². The van der Waals surface area contributed by atoms with Crippen LogP contribution in [0.4, 0.5) is 0 Å². The first-order chi connectivity index (χ1) is 9.40. The molecule has 1 aromatic rings. The zero-order valence-electron chi connectivity index (χ0n) is 11.7. The average molecular weight is 300 g/mol. The quantitative estimate of drug-likeness (QED) is 0.753. The van der Waals surface area contributed by atoms with Gasteiger partial charge in [-0.25, -0.2) is 9.52 Å². The van der Waals surface area contributed by atoms with E-state index in [0.29, 0.717) is 19.5 Å². The number of carboxylic acids is 1. The summed E-state index contributed by atoms with van der Waals surface area (Å²) in [6.45, 7) is 4.71. The first kappa shape index (κ1) is 16.6. The number of nitrogens with zero attached hydrogens (tertiary/aromatic N) is 1. The summed E-state index contributed by atoms with van der Waals surface area (Å²) in [6, 6.07) is 6.40. The lowest BCUT2D eigenvalue weighted by atomic mass is 10.1. The van der Waals surface area contributed by atoms with Gasteiger partial charge in [0, 0.05) is 19.6 Å². The molecule has 0 atom stereocenters. The van der Waals surface area contributed by atoms with E-state index in [9.17, 15) is 13.2 Å². The van der Waals surface area contributed by atoms with Gasteiger partial charge < -0.3 is 5.11 Å². The van der Waals surface area contributed by atoms with E-state index < -0.39 is 16.2 Å². The van der Waals surface area contributed by atoms with Crippen LogP contribution in [0.3, 0.4) is 0 Å². The third-order valence-corrected chi connectivity index (χ3v) is 4.71. The standard InChI is InChI=1S/C13H20N2O4S/c1-3-15(4-2)20(18,19)14-10-9-11-5-7-12(8-6-11)13(16)17/h5-8,14H,3-4,9-10H2,1-2H3,(H,16,17). The second kappa shape index (κ2) is 7.37. The van der Waals surface area contributed by atoms with Gasteiger partial charge in [-0.2, -0.15) is 12.7 Å². The van der Waals surface area contributed by atoms with Crippen LogP contribution in [0, 0.1) is 0 Å². The Morgan fingerprint density at radius 2 is 1.75 bits per heavy atom. The Hall–Kier alpha value is -1.44. The Balaban J connectivity index is 2.54. The van der Waals surface area contributed by atoms with Gasteiger partial charge >= 0.3 is 5.97 Å². The summed E-state index contributed by atoms with van der Waals surface area (Å²) < 4.78 is 27.6. The number of aromatic carboxylic acids is 1. The van der Waals surface area contributed by atoms with E-state index in [1.165, 1.54) is 16.4 Å². The van der Waals surface area contributed by atoms with Gasteiger partial charge in [0.2, 0.25) is 0 Å². The van der Waals surface area contributed by atoms with Crippen molar-refractivity contribution in [2.24, 2.45) is 0 Å². The molecule has 2 N–H and O–H groups in total. The molecule has 0 aliphatic rings. The molecule has 7 heteroatoms. The zero-order valence-corrected chi connectivity index (χ0v) is 12.5. The Morgan fingerprint density at radius 1 is 1.20 bits per heavy atom. The van der Waals surface area contributed by atoms with Crippen molar-refractivity contribution >= 4 is 16.2 Å². The number of benzene rings is 1. The minimum Gasteiger partial charge on any atom is -0.478 e. The summed E-state index contributed by atoms with van der Waals surface area (Å²) in [5.74, 6) is -0.973. The van der Waals surface area contributed by atoms with Gasteiger partial charge in [0.05, 0.1) is 5.56 Å². The summed E-state index contributed by atoms with van der Waals surface area (Å²) >= 11 is 0. The third-order valence-electron chi connectivity index (χ3n) is 2.94. The number of carboxylic acid groups (broad SMARTS) is 1. The normalized spacial score (nSPS) is 11.8. The van der Waals surface area contributed by atoms with E-state index in [0.717, 1.165) is 5.56 Å². The predicted molar refractivity (Wildman–Crippen MR) is 76.9 cm³/mol. The van der Waals surface area contributed by atoms with Crippen molar-refractivity contribution in [1.29, 1.82) is 0 Å². The fraction of sp³-hybridized carbons (Fsp3) is 0.462. The second-order valence-electron chi connectivity index (χ2n) is 4.24. The molecule has 0 heterocycles. The average Bonchev–Trinajstić information content (AvgIpc) is 2.40. The summed E-state index contributed by atoms with van der Waals surface area (Å²) in [4.78, 5) is 10.7. The van der Waals surface area contributed by atoms with Gasteiger partial charge in [-0.15, -0.1) is 0 Å². The van der Waals surface area contributed by atoms with Crippen LogP contribution in [0.25, 0.3) is 0 Å². The predicted octanol–water partition coefficient (Wildman–Crippen LogP) is 1.10. The van der Waals surface area contributed by atoms with Crippen LogP contribution in [-0.2, 0) is 16.6 Å². The summed E-state index contributed by atoms with van der Waals surface area (Å²) in [5.41, 5.74) is 1.11. The molecule has 0 aromatic heterocycles. The minimum atomic E-state index is -3.43. The SMILES string of the molecule is CCN(CC)S(=O)(=O)NCCc1ccc(C(=O)O)cc1. The van der Waals surface area contributed by atoms with Gasteiger partial charge in [-0.05, 0) is 24.1 Å². The van der Waals surface area contributed by atoms with Gasteiger partial charge in [-0.1, -0.05) is 26.0 Å². The molecular formula is C13H20N2O4S.